The molecule has 0 atom stereocenters. The largest absolute Gasteiger partial charge is 0.507 e. The van der Waals surface area contributed by atoms with Crippen molar-refractivity contribution in [2.45, 2.75) is 13.5 Å². The Morgan fingerprint density at radius 1 is 1.30 bits per heavy atom. The first kappa shape index (κ1) is 14.3. The van der Waals surface area contributed by atoms with Gasteiger partial charge in [0.05, 0.1) is 5.56 Å². The summed E-state index contributed by atoms with van der Waals surface area (Å²) in [5.41, 5.74) is 1.20. The Kier molecular flexibility index (Phi) is 4.58. The average Bonchev–Trinajstić information content (AvgIpc) is 2.47. The van der Waals surface area contributed by atoms with Crippen molar-refractivity contribution in [3.63, 3.8) is 0 Å². The van der Waals surface area contributed by atoms with Crippen molar-refractivity contribution in [2.24, 2.45) is 0 Å². The predicted molar refractivity (Wildman–Crippen MR) is 77.8 cm³/mol. The molecule has 2 rings (SSSR count). The summed E-state index contributed by atoms with van der Waals surface area (Å²) in [4.78, 5) is 18.0. The molecule has 0 fully saturated rings. The molecule has 0 radical (unpaired) electrons. The van der Waals surface area contributed by atoms with E-state index >= 15 is 0 Å². The van der Waals surface area contributed by atoms with Crippen LogP contribution in [0.2, 0.25) is 5.02 Å². The van der Waals surface area contributed by atoms with Gasteiger partial charge in [-0.3, -0.25) is 9.78 Å². The number of phenols is 1. The third kappa shape index (κ3) is 3.27. The number of halogens is 1. The number of carbonyl (C=O) groups excluding carboxylic acids is 1. The number of aromatic nitrogens is 1. The van der Waals surface area contributed by atoms with Gasteiger partial charge in [-0.2, -0.15) is 0 Å². The molecule has 1 aromatic carbocycles. The number of hydrogen-bond acceptors (Lipinski definition) is 3. The van der Waals surface area contributed by atoms with Crippen LogP contribution in [-0.2, 0) is 6.54 Å². The van der Waals surface area contributed by atoms with Crippen LogP contribution >= 0.6 is 11.6 Å². The third-order valence-electron chi connectivity index (χ3n) is 2.98. The van der Waals surface area contributed by atoms with Crippen molar-refractivity contribution in [3.8, 4) is 5.75 Å². The van der Waals surface area contributed by atoms with Crippen LogP contribution in [0.15, 0.2) is 42.7 Å². The topological polar surface area (TPSA) is 53.4 Å². The molecule has 0 aliphatic rings. The molecule has 0 aliphatic carbocycles. The zero-order valence-electron chi connectivity index (χ0n) is 11.1. The van der Waals surface area contributed by atoms with Gasteiger partial charge in [0.25, 0.3) is 5.91 Å². The fourth-order valence-corrected chi connectivity index (χ4v) is 2.06. The van der Waals surface area contributed by atoms with Crippen molar-refractivity contribution < 1.29 is 9.90 Å². The monoisotopic (exact) mass is 290 g/mol. The molecule has 1 heterocycles. The second kappa shape index (κ2) is 6.39. The molecule has 104 valence electrons. The molecule has 0 bridgehead atoms. The molecular formula is C15H15ClN2O2. The van der Waals surface area contributed by atoms with E-state index in [-0.39, 0.29) is 17.2 Å². The van der Waals surface area contributed by atoms with E-state index < -0.39 is 0 Å². The molecule has 0 saturated carbocycles. The summed E-state index contributed by atoms with van der Waals surface area (Å²) in [5, 5.41) is 10.2. The number of rotatable bonds is 4. The minimum absolute atomic E-state index is 0.0624. The molecule has 1 N–H and O–H groups in total. The maximum Gasteiger partial charge on any atom is 0.257 e. The third-order valence-corrected chi connectivity index (χ3v) is 3.22. The Balaban J connectivity index is 2.23. The average molecular weight is 291 g/mol. The minimum atomic E-state index is -0.246. The van der Waals surface area contributed by atoms with E-state index in [9.17, 15) is 9.90 Å². The second-order valence-electron chi connectivity index (χ2n) is 4.34. The molecule has 2 aromatic rings. The molecule has 0 spiro atoms. The highest BCUT2D eigenvalue weighted by molar-refractivity contribution is 6.31. The van der Waals surface area contributed by atoms with Gasteiger partial charge in [0.15, 0.2) is 0 Å². The lowest BCUT2D eigenvalue weighted by Gasteiger charge is -2.21. The highest BCUT2D eigenvalue weighted by atomic mass is 35.5. The lowest BCUT2D eigenvalue weighted by atomic mass is 10.1. The summed E-state index contributed by atoms with van der Waals surface area (Å²) in [5.74, 6) is -0.308. The highest BCUT2D eigenvalue weighted by Crippen LogP contribution is 2.23. The van der Waals surface area contributed by atoms with E-state index in [1.54, 1.807) is 23.4 Å². The number of benzene rings is 1. The van der Waals surface area contributed by atoms with Crippen molar-refractivity contribution >= 4 is 17.5 Å². The smallest absolute Gasteiger partial charge is 0.257 e. The van der Waals surface area contributed by atoms with Crippen LogP contribution in [0.5, 0.6) is 5.75 Å². The number of nitrogens with zero attached hydrogens (tertiary/aromatic N) is 2. The van der Waals surface area contributed by atoms with Gasteiger partial charge in [0, 0.05) is 30.5 Å². The van der Waals surface area contributed by atoms with Gasteiger partial charge in [0.2, 0.25) is 0 Å². The number of hydrogen-bond donors (Lipinski definition) is 1. The number of amides is 1. The molecule has 1 amide bonds. The Bertz CT molecular complexity index is 602. The first-order chi connectivity index (χ1) is 9.61. The molecule has 0 unspecified atom stereocenters. The van der Waals surface area contributed by atoms with Crippen LogP contribution in [0.1, 0.15) is 22.8 Å². The highest BCUT2D eigenvalue weighted by Gasteiger charge is 2.18. The summed E-state index contributed by atoms with van der Waals surface area (Å²) in [7, 11) is 0. The van der Waals surface area contributed by atoms with Gasteiger partial charge in [-0.25, -0.2) is 0 Å². The Labute approximate surface area is 122 Å². The van der Waals surface area contributed by atoms with Crippen molar-refractivity contribution in [1.29, 1.82) is 0 Å². The molecule has 20 heavy (non-hydrogen) atoms. The van der Waals surface area contributed by atoms with E-state index in [0.29, 0.717) is 18.1 Å². The number of carbonyl (C=O) groups is 1. The summed E-state index contributed by atoms with van der Waals surface area (Å²) in [6.45, 7) is 2.89. The minimum Gasteiger partial charge on any atom is -0.507 e. The van der Waals surface area contributed by atoms with Crippen LogP contribution in [0, 0.1) is 0 Å². The van der Waals surface area contributed by atoms with E-state index in [1.807, 2.05) is 19.1 Å². The lowest BCUT2D eigenvalue weighted by Crippen LogP contribution is -2.30. The van der Waals surface area contributed by atoms with Crippen molar-refractivity contribution in [1.82, 2.24) is 9.88 Å². The van der Waals surface area contributed by atoms with Crippen molar-refractivity contribution in [3.05, 3.63) is 58.9 Å². The predicted octanol–water partition coefficient (Wildman–Crippen LogP) is 3.10. The zero-order chi connectivity index (χ0) is 14.5. The van der Waals surface area contributed by atoms with Crippen molar-refractivity contribution in [2.75, 3.05) is 6.54 Å². The Hall–Kier alpha value is -2.07. The first-order valence-electron chi connectivity index (χ1n) is 6.28. The second-order valence-corrected chi connectivity index (χ2v) is 4.77. The summed E-state index contributed by atoms with van der Waals surface area (Å²) in [6.07, 6.45) is 3.37. The standard InChI is InChI=1S/C15H15ClN2O2/c1-2-18(10-11-5-7-17-8-6-11)15(20)13-9-12(16)3-4-14(13)19/h3-9,19H,2,10H2,1H3. The maximum absolute atomic E-state index is 12.4. The van der Waals surface area contributed by atoms with Gasteiger partial charge < -0.3 is 10.0 Å². The lowest BCUT2D eigenvalue weighted by molar-refractivity contribution is 0.0749. The molecule has 0 saturated heterocycles. The van der Waals surface area contributed by atoms with Crippen LogP contribution in [0.25, 0.3) is 0 Å². The van der Waals surface area contributed by atoms with Crippen LogP contribution in [-0.4, -0.2) is 27.4 Å². The maximum atomic E-state index is 12.4. The first-order valence-corrected chi connectivity index (χ1v) is 6.66. The fraction of sp³-hybridized carbons (Fsp3) is 0.200. The zero-order valence-corrected chi connectivity index (χ0v) is 11.8. The summed E-state index contributed by atoms with van der Waals surface area (Å²) >= 11 is 5.88. The Morgan fingerprint density at radius 3 is 2.65 bits per heavy atom. The fourth-order valence-electron chi connectivity index (χ4n) is 1.89. The SMILES string of the molecule is CCN(Cc1ccncc1)C(=O)c1cc(Cl)ccc1O. The normalized spacial score (nSPS) is 10.3. The number of pyridine rings is 1. The molecule has 5 heteroatoms. The Morgan fingerprint density at radius 2 is 2.00 bits per heavy atom. The van der Waals surface area contributed by atoms with Gasteiger partial charge >= 0.3 is 0 Å². The number of aromatic hydroxyl groups is 1. The number of phenolic OH excluding ortho intramolecular Hbond substituents is 1. The van der Waals surface area contributed by atoms with Gasteiger partial charge in [-0.05, 0) is 42.8 Å². The van der Waals surface area contributed by atoms with E-state index in [1.165, 1.54) is 12.1 Å². The van der Waals surface area contributed by atoms with Crippen LogP contribution < -0.4 is 0 Å². The van der Waals surface area contributed by atoms with Gasteiger partial charge in [0.1, 0.15) is 5.75 Å². The van der Waals surface area contributed by atoms with E-state index in [0.717, 1.165) is 5.56 Å². The summed E-state index contributed by atoms with van der Waals surface area (Å²) < 4.78 is 0. The molecule has 1 aromatic heterocycles. The summed E-state index contributed by atoms with van der Waals surface area (Å²) in [6, 6.07) is 8.17. The van der Waals surface area contributed by atoms with Crippen LogP contribution in [0.3, 0.4) is 0 Å². The van der Waals surface area contributed by atoms with Gasteiger partial charge in [-0.1, -0.05) is 11.6 Å². The van der Waals surface area contributed by atoms with E-state index in [2.05, 4.69) is 4.98 Å². The van der Waals surface area contributed by atoms with E-state index in [4.69, 9.17) is 11.6 Å². The molecule has 0 aliphatic heterocycles. The van der Waals surface area contributed by atoms with Gasteiger partial charge in [-0.15, -0.1) is 0 Å². The van der Waals surface area contributed by atoms with Crippen LogP contribution in [0.4, 0.5) is 0 Å². The molecule has 4 nitrogen and oxygen atoms in total. The molecular weight excluding hydrogens is 276 g/mol. The quantitative estimate of drug-likeness (QED) is 0.941.